The first-order chi connectivity index (χ1) is 10.1. The molecule has 1 unspecified atom stereocenters. The van der Waals surface area contributed by atoms with Crippen LogP contribution in [0.5, 0.6) is 11.5 Å². The van der Waals surface area contributed by atoms with Crippen LogP contribution in [-0.4, -0.2) is 12.2 Å². The van der Waals surface area contributed by atoms with Crippen LogP contribution in [0.25, 0.3) is 0 Å². The number of hydrogen-bond donors (Lipinski definition) is 1. The lowest BCUT2D eigenvalue weighted by molar-refractivity contribution is 0.190. The van der Waals surface area contributed by atoms with Crippen molar-refractivity contribution in [3.8, 4) is 11.5 Å². The van der Waals surface area contributed by atoms with Crippen LogP contribution in [0.3, 0.4) is 0 Å². The Hall–Kier alpha value is -2.00. The molecule has 0 aliphatic rings. The van der Waals surface area contributed by atoms with E-state index in [-0.39, 0.29) is 0 Å². The lowest BCUT2D eigenvalue weighted by Gasteiger charge is -2.15. The van der Waals surface area contributed by atoms with Crippen LogP contribution in [0, 0.1) is 0 Å². The molecular weight excluding hydrogens is 264 g/mol. The molecule has 2 aromatic carbocycles. The number of methoxy groups -OCH3 is 1. The third-order valence-electron chi connectivity index (χ3n) is 3.50. The first kappa shape index (κ1) is 15.4. The average molecular weight is 286 g/mol. The summed E-state index contributed by atoms with van der Waals surface area (Å²) in [4.78, 5) is 0. The summed E-state index contributed by atoms with van der Waals surface area (Å²) < 4.78 is 11.1. The second kappa shape index (κ2) is 7.14. The Morgan fingerprint density at radius 3 is 2.29 bits per heavy atom. The summed E-state index contributed by atoms with van der Waals surface area (Å²) in [6, 6.07) is 13.8. The molecule has 1 N–H and O–H groups in total. The molecule has 21 heavy (non-hydrogen) atoms. The SMILES string of the molecule is CCc1ccc(COc2cc(OC)ccc2C(C)O)cc1. The van der Waals surface area contributed by atoms with Gasteiger partial charge in [0.2, 0.25) is 0 Å². The van der Waals surface area contributed by atoms with Crippen molar-refractivity contribution in [2.75, 3.05) is 7.11 Å². The van der Waals surface area contributed by atoms with Crippen molar-refractivity contribution < 1.29 is 14.6 Å². The van der Waals surface area contributed by atoms with E-state index in [9.17, 15) is 5.11 Å². The summed E-state index contributed by atoms with van der Waals surface area (Å²) in [7, 11) is 1.62. The molecule has 0 bridgehead atoms. The molecule has 0 saturated heterocycles. The van der Waals surface area contributed by atoms with Gasteiger partial charge in [0.25, 0.3) is 0 Å². The van der Waals surface area contributed by atoms with Gasteiger partial charge in [-0.25, -0.2) is 0 Å². The predicted octanol–water partition coefficient (Wildman–Crippen LogP) is 3.89. The summed E-state index contributed by atoms with van der Waals surface area (Å²) in [5.41, 5.74) is 3.18. The fourth-order valence-electron chi connectivity index (χ4n) is 2.14. The van der Waals surface area contributed by atoms with E-state index in [0.29, 0.717) is 12.4 Å². The number of hydrogen-bond acceptors (Lipinski definition) is 3. The predicted molar refractivity (Wildman–Crippen MR) is 83.8 cm³/mol. The van der Waals surface area contributed by atoms with Gasteiger partial charge in [0.15, 0.2) is 0 Å². The van der Waals surface area contributed by atoms with Gasteiger partial charge in [-0.15, -0.1) is 0 Å². The fourth-order valence-corrected chi connectivity index (χ4v) is 2.14. The Morgan fingerprint density at radius 2 is 1.71 bits per heavy atom. The number of benzene rings is 2. The Bertz CT molecular complexity index is 574. The van der Waals surface area contributed by atoms with Crippen LogP contribution in [0.1, 0.15) is 36.6 Å². The van der Waals surface area contributed by atoms with Crippen molar-refractivity contribution in [2.24, 2.45) is 0 Å². The normalized spacial score (nSPS) is 12.0. The van der Waals surface area contributed by atoms with Crippen molar-refractivity contribution in [2.45, 2.75) is 33.0 Å². The van der Waals surface area contributed by atoms with Gasteiger partial charge in [-0.1, -0.05) is 31.2 Å². The summed E-state index contributed by atoms with van der Waals surface area (Å²) in [5.74, 6) is 1.37. The first-order valence-electron chi connectivity index (χ1n) is 7.20. The van der Waals surface area contributed by atoms with Crippen molar-refractivity contribution in [1.29, 1.82) is 0 Å². The van der Waals surface area contributed by atoms with Gasteiger partial charge in [0.1, 0.15) is 18.1 Å². The van der Waals surface area contributed by atoms with E-state index < -0.39 is 6.10 Å². The molecule has 2 aromatic rings. The van der Waals surface area contributed by atoms with E-state index in [2.05, 4.69) is 31.2 Å². The monoisotopic (exact) mass is 286 g/mol. The van der Waals surface area contributed by atoms with Crippen LogP contribution in [0.2, 0.25) is 0 Å². The lowest BCUT2D eigenvalue weighted by Crippen LogP contribution is -2.01. The first-order valence-corrected chi connectivity index (χ1v) is 7.20. The van der Waals surface area contributed by atoms with E-state index in [1.165, 1.54) is 5.56 Å². The molecule has 3 nitrogen and oxygen atoms in total. The summed E-state index contributed by atoms with van der Waals surface area (Å²) in [5, 5.41) is 9.81. The second-order valence-corrected chi connectivity index (χ2v) is 5.04. The minimum atomic E-state index is -0.576. The highest BCUT2D eigenvalue weighted by Crippen LogP contribution is 2.30. The van der Waals surface area contributed by atoms with Gasteiger partial charge in [0.05, 0.1) is 13.2 Å². The van der Waals surface area contributed by atoms with Crippen molar-refractivity contribution in [3.05, 3.63) is 59.2 Å². The molecule has 0 radical (unpaired) electrons. The number of rotatable bonds is 6. The fraction of sp³-hybridized carbons (Fsp3) is 0.333. The van der Waals surface area contributed by atoms with Crippen LogP contribution in [0.4, 0.5) is 0 Å². The largest absolute Gasteiger partial charge is 0.497 e. The standard InChI is InChI=1S/C18H22O3/c1-4-14-5-7-15(8-6-14)12-21-18-11-16(20-3)9-10-17(18)13(2)19/h5-11,13,19H,4,12H2,1-3H3. The molecule has 2 rings (SSSR count). The van der Waals surface area contributed by atoms with Crippen molar-refractivity contribution in [3.63, 3.8) is 0 Å². The van der Waals surface area contributed by atoms with Crippen molar-refractivity contribution >= 4 is 0 Å². The quantitative estimate of drug-likeness (QED) is 0.875. The van der Waals surface area contributed by atoms with Crippen molar-refractivity contribution in [1.82, 2.24) is 0 Å². The molecule has 112 valence electrons. The highest BCUT2D eigenvalue weighted by molar-refractivity contribution is 5.42. The Kier molecular flexibility index (Phi) is 5.23. The molecule has 0 amide bonds. The molecular formula is C18H22O3. The second-order valence-electron chi connectivity index (χ2n) is 5.04. The summed E-state index contributed by atoms with van der Waals surface area (Å²) >= 11 is 0. The molecule has 0 fully saturated rings. The average Bonchev–Trinajstić information content (AvgIpc) is 2.52. The van der Waals surface area contributed by atoms with Gasteiger partial charge in [-0.2, -0.15) is 0 Å². The smallest absolute Gasteiger partial charge is 0.129 e. The van der Waals surface area contributed by atoms with E-state index in [1.807, 2.05) is 18.2 Å². The van der Waals surface area contributed by atoms with Crippen LogP contribution < -0.4 is 9.47 Å². The minimum absolute atomic E-state index is 0.469. The zero-order valence-corrected chi connectivity index (χ0v) is 12.8. The van der Waals surface area contributed by atoms with Gasteiger partial charge in [0, 0.05) is 11.6 Å². The van der Waals surface area contributed by atoms with E-state index in [0.717, 1.165) is 23.3 Å². The van der Waals surface area contributed by atoms with E-state index >= 15 is 0 Å². The van der Waals surface area contributed by atoms with Gasteiger partial charge >= 0.3 is 0 Å². The number of aliphatic hydroxyl groups excluding tert-OH is 1. The number of aryl methyl sites for hydroxylation is 1. The molecule has 0 saturated carbocycles. The van der Waals surface area contributed by atoms with Crippen LogP contribution >= 0.6 is 0 Å². The number of ether oxygens (including phenoxy) is 2. The lowest BCUT2D eigenvalue weighted by atomic mass is 10.1. The Labute approximate surface area is 126 Å². The van der Waals surface area contributed by atoms with Crippen LogP contribution in [0.15, 0.2) is 42.5 Å². The molecule has 1 atom stereocenters. The zero-order valence-electron chi connectivity index (χ0n) is 12.8. The summed E-state index contributed by atoms with van der Waals surface area (Å²) in [6.45, 7) is 4.33. The Balaban J connectivity index is 2.13. The third-order valence-corrected chi connectivity index (χ3v) is 3.50. The highest BCUT2D eigenvalue weighted by atomic mass is 16.5. The summed E-state index contributed by atoms with van der Waals surface area (Å²) in [6.07, 6.45) is 0.455. The minimum Gasteiger partial charge on any atom is -0.497 e. The Morgan fingerprint density at radius 1 is 1.05 bits per heavy atom. The molecule has 3 heteroatoms. The molecule has 0 aliphatic heterocycles. The van der Waals surface area contributed by atoms with E-state index in [1.54, 1.807) is 14.0 Å². The van der Waals surface area contributed by atoms with Crippen LogP contribution in [-0.2, 0) is 13.0 Å². The van der Waals surface area contributed by atoms with Gasteiger partial charge < -0.3 is 14.6 Å². The van der Waals surface area contributed by atoms with Gasteiger partial charge in [-0.05, 0) is 36.6 Å². The molecule has 0 aromatic heterocycles. The molecule has 0 spiro atoms. The topological polar surface area (TPSA) is 38.7 Å². The molecule has 0 aliphatic carbocycles. The van der Waals surface area contributed by atoms with E-state index in [4.69, 9.17) is 9.47 Å². The van der Waals surface area contributed by atoms with Gasteiger partial charge in [-0.3, -0.25) is 0 Å². The maximum atomic E-state index is 9.81. The zero-order chi connectivity index (χ0) is 15.2. The third kappa shape index (κ3) is 3.99. The number of aliphatic hydroxyl groups is 1. The highest BCUT2D eigenvalue weighted by Gasteiger charge is 2.11. The maximum absolute atomic E-state index is 9.81. The maximum Gasteiger partial charge on any atom is 0.129 e. The molecule has 0 heterocycles.